The van der Waals surface area contributed by atoms with Crippen molar-refractivity contribution in [3.05, 3.63) is 0 Å². The minimum Gasteiger partial charge on any atom is -0.394 e. The number of hydrogen-bond donors (Lipinski definition) is 2. The fourth-order valence-electron chi connectivity index (χ4n) is 1.98. The quantitative estimate of drug-likeness (QED) is 0.773. The summed E-state index contributed by atoms with van der Waals surface area (Å²) >= 11 is 0. The molecule has 96 valence electrons. The first-order valence-electron chi connectivity index (χ1n) is 5.43. The van der Waals surface area contributed by atoms with Crippen molar-refractivity contribution in [2.75, 3.05) is 26.2 Å². The van der Waals surface area contributed by atoms with Gasteiger partial charge in [-0.1, -0.05) is 0 Å². The second-order valence-corrected chi connectivity index (χ2v) is 4.90. The predicted molar refractivity (Wildman–Crippen MR) is 54.9 cm³/mol. The summed E-state index contributed by atoms with van der Waals surface area (Å²) in [5.74, 6) is -1.18. The lowest BCUT2D eigenvalue weighted by Gasteiger charge is -2.36. The first kappa shape index (κ1) is 13.7. The van der Waals surface area contributed by atoms with Gasteiger partial charge in [0.2, 0.25) is 0 Å². The van der Waals surface area contributed by atoms with Crippen LogP contribution in [0.1, 0.15) is 19.8 Å². The highest BCUT2D eigenvalue weighted by Crippen LogP contribution is 2.34. The summed E-state index contributed by atoms with van der Waals surface area (Å²) in [5, 5.41) is 8.97. The molecular weight excluding hydrogens is 221 g/mol. The summed E-state index contributed by atoms with van der Waals surface area (Å²) in [6.07, 6.45) is -3.81. The Morgan fingerprint density at radius 2 is 1.81 bits per heavy atom. The Bertz CT molecular complexity index is 223. The summed E-state index contributed by atoms with van der Waals surface area (Å²) < 4.78 is 37.2. The first-order chi connectivity index (χ1) is 7.24. The Labute approximate surface area is 93.4 Å². The van der Waals surface area contributed by atoms with Crippen molar-refractivity contribution in [1.29, 1.82) is 0 Å². The molecule has 3 N–H and O–H groups in total. The van der Waals surface area contributed by atoms with Crippen LogP contribution in [0.15, 0.2) is 0 Å². The molecule has 16 heavy (non-hydrogen) atoms. The van der Waals surface area contributed by atoms with Gasteiger partial charge >= 0.3 is 6.18 Å². The second kappa shape index (κ2) is 4.89. The van der Waals surface area contributed by atoms with E-state index < -0.39 is 17.6 Å². The molecule has 0 spiro atoms. The van der Waals surface area contributed by atoms with E-state index in [-0.39, 0.29) is 19.4 Å². The summed E-state index contributed by atoms with van der Waals surface area (Å²) in [6, 6.07) is 0. The molecule has 1 atom stereocenters. The van der Waals surface area contributed by atoms with Gasteiger partial charge in [-0.3, -0.25) is 0 Å². The molecule has 1 fully saturated rings. The Morgan fingerprint density at radius 3 is 2.19 bits per heavy atom. The Kier molecular flexibility index (Phi) is 4.20. The van der Waals surface area contributed by atoms with Crippen LogP contribution in [-0.4, -0.2) is 48.0 Å². The maximum atomic E-state index is 12.4. The van der Waals surface area contributed by atoms with Gasteiger partial charge in [-0.15, -0.1) is 0 Å². The van der Waals surface area contributed by atoms with Crippen molar-refractivity contribution >= 4 is 0 Å². The minimum atomic E-state index is -4.07. The Hall–Kier alpha value is -0.330. The van der Waals surface area contributed by atoms with Gasteiger partial charge in [0.25, 0.3) is 0 Å². The van der Waals surface area contributed by atoms with Crippen LogP contribution in [0, 0.1) is 5.92 Å². The molecule has 0 aromatic heterocycles. The molecule has 1 saturated heterocycles. The molecule has 1 heterocycles. The van der Waals surface area contributed by atoms with E-state index in [9.17, 15) is 13.2 Å². The van der Waals surface area contributed by atoms with Crippen LogP contribution in [0.5, 0.6) is 0 Å². The van der Waals surface area contributed by atoms with Gasteiger partial charge in [0.15, 0.2) is 0 Å². The van der Waals surface area contributed by atoms with Gasteiger partial charge in [-0.25, -0.2) is 0 Å². The number of halogens is 3. The van der Waals surface area contributed by atoms with Crippen LogP contribution in [0.25, 0.3) is 0 Å². The average molecular weight is 240 g/mol. The number of piperidine rings is 1. The Balaban J connectivity index is 2.38. The first-order valence-corrected chi connectivity index (χ1v) is 5.43. The van der Waals surface area contributed by atoms with Crippen LogP contribution in [0.2, 0.25) is 0 Å². The molecule has 0 bridgehead atoms. The van der Waals surface area contributed by atoms with Crippen LogP contribution >= 0.6 is 0 Å². The molecule has 0 aliphatic carbocycles. The van der Waals surface area contributed by atoms with Gasteiger partial charge in [0, 0.05) is 12.1 Å². The maximum Gasteiger partial charge on any atom is 0.391 e. The molecule has 1 unspecified atom stereocenters. The monoisotopic (exact) mass is 240 g/mol. The van der Waals surface area contributed by atoms with Crippen LogP contribution in [0.4, 0.5) is 13.2 Å². The third kappa shape index (κ3) is 3.92. The van der Waals surface area contributed by atoms with Crippen molar-refractivity contribution in [2.45, 2.75) is 31.5 Å². The molecule has 0 amide bonds. The number of hydrogen-bond acceptors (Lipinski definition) is 3. The van der Waals surface area contributed by atoms with E-state index in [1.54, 1.807) is 6.92 Å². The van der Waals surface area contributed by atoms with Gasteiger partial charge in [-0.2, -0.15) is 13.2 Å². The molecule has 6 heteroatoms. The molecule has 0 saturated carbocycles. The highest BCUT2D eigenvalue weighted by atomic mass is 19.4. The fraction of sp³-hybridized carbons (Fsp3) is 1.00. The Morgan fingerprint density at radius 1 is 1.31 bits per heavy atom. The number of aliphatic hydroxyl groups is 1. The van der Waals surface area contributed by atoms with Crippen molar-refractivity contribution in [3.63, 3.8) is 0 Å². The van der Waals surface area contributed by atoms with Crippen LogP contribution < -0.4 is 5.73 Å². The number of nitrogens with zero attached hydrogens (tertiary/aromatic N) is 1. The fourth-order valence-corrected chi connectivity index (χ4v) is 1.98. The number of aliphatic hydroxyl groups excluding tert-OH is 1. The summed E-state index contributed by atoms with van der Waals surface area (Å²) in [7, 11) is 0. The third-order valence-electron chi connectivity index (χ3n) is 3.00. The van der Waals surface area contributed by atoms with Gasteiger partial charge in [-0.05, 0) is 32.9 Å². The lowest BCUT2D eigenvalue weighted by atomic mass is 9.94. The highest BCUT2D eigenvalue weighted by molar-refractivity contribution is 4.85. The lowest BCUT2D eigenvalue weighted by Crippen LogP contribution is -2.52. The van der Waals surface area contributed by atoms with Crippen molar-refractivity contribution in [1.82, 2.24) is 4.90 Å². The summed E-state index contributed by atoms with van der Waals surface area (Å²) in [5.41, 5.74) is 5.02. The van der Waals surface area contributed by atoms with E-state index in [4.69, 9.17) is 10.8 Å². The zero-order valence-corrected chi connectivity index (χ0v) is 9.43. The zero-order valence-electron chi connectivity index (χ0n) is 9.43. The minimum absolute atomic E-state index is 0.130. The molecule has 1 aliphatic heterocycles. The van der Waals surface area contributed by atoms with Crippen molar-refractivity contribution in [3.8, 4) is 0 Å². The predicted octanol–water partition coefficient (Wildman–Crippen LogP) is 0.970. The van der Waals surface area contributed by atoms with Crippen molar-refractivity contribution in [2.24, 2.45) is 11.7 Å². The van der Waals surface area contributed by atoms with E-state index in [1.807, 2.05) is 4.90 Å². The number of alkyl halides is 3. The van der Waals surface area contributed by atoms with E-state index in [0.29, 0.717) is 19.6 Å². The molecule has 3 nitrogen and oxygen atoms in total. The largest absolute Gasteiger partial charge is 0.394 e. The summed E-state index contributed by atoms with van der Waals surface area (Å²) in [6.45, 7) is 2.77. The summed E-state index contributed by atoms with van der Waals surface area (Å²) in [4.78, 5) is 1.89. The molecule has 1 rings (SSSR count). The van der Waals surface area contributed by atoms with E-state index >= 15 is 0 Å². The van der Waals surface area contributed by atoms with E-state index in [1.165, 1.54) is 0 Å². The molecule has 0 aromatic rings. The van der Waals surface area contributed by atoms with Crippen LogP contribution in [-0.2, 0) is 0 Å². The third-order valence-corrected chi connectivity index (χ3v) is 3.00. The highest BCUT2D eigenvalue weighted by Gasteiger charge is 2.41. The normalized spacial score (nSPS) is 24.4. The molecule has 0 radical (unpaired) electrons. The average Bonchev–Trinajstić information content (AvgIpc) is 2.16. The smallest absolute Gasteiger partial charge is 0.391 e. The SMILES string of the molecule is CC(N)(CO)CN1CCC(C(F)(F)F)CC1. The zero-order chi connectivity index (χ0) is 12.4. The molecule has 1 aliphatic rings. The van der Waals surface area contributed by atoms with E-state index in [2.05, 4.69) is 0 Å². The van der Waals surface area contributed by atoms with Crippen molar-refractivity contribution < 1.29 is 18.3 Å². The van der Waals surface area contributed by atoms with Crippen LogP contribution in [0.3, 0.4) is 0 Å². The topological polar surface area (TPSA) is 49.5 Å². The van der Waals surface area contributed by atoms with Gasteiger partial charge in [0.05, 0.1) is 12.5 Å². The van der Waals surface area contributed by atoms with Gasteiger partial charge < -0.3 is 15.7 Å². The molecular formula is C10H19F3N2O. The van der Waals surface area contributed by atoms with Gasteiger partial charge in [0.1, 0.15) is 0 Å². The molecule has 0 aromatic carbocycles. The number of nitrogens with two attached hydrogens (primary N) is 1. The number of rotatable bonds is 3. The standard InChI is InChI=1S/C10H19F3N2O/c1-9(14,7-16)6-15-4-2-8(3-5-15)10(11,12)13/h8,16H,2-7,14H2,1H3. The number of likely N-dealkylation sites (tertiary alicyclic amines) is 1. The second-order valence-electron chi connectivity index (χ2n) is 4.90. The van der Waals surface area contributed by atoms with E-state index in [0.717, 1.165) is 0 Å². The lowest BCUT2D eigenvalue weighted by molar-refractivity contribution is -0.185. The maximum absolute atomic E-state index is 12.4.